The van der Waals surface area contributed by atoms with Crippen molar-refractivity contribution in [3.8, 4) is 6.01 Å². The van der Waals surface area contributed by atoms with Gasteiger partial charge in [-0.3, -0.25) is 4.72 Å². The number of nitrogens with zero attached hydrogens (tertiary/aromatic N) is 2. The van der Waals surface area contributed by atoms with Gasteiger partial charge in [0, 0.05) is 0 Å². The zero-order chi connectivity index (χ0) is 18.8. The number of halogens is 3. The van der Waals surface area contributed by atoms with Crippen molar-refractivity contribution < 1.29 is 26.3 Å². The maximum atomic E-state index is 12.8. The molecule has 0 amide bonds. The summed E-state index contributed by atoms with van der Waals surface area (Å²) in [6, 6.07) is 3.58. The van der Waals surface area contributed by atoms with Crippen LogP contribution in [0, 0.1) is 13.8 Å². The van der Waals surface area contributed by atoms with E-state index in [0.717, 1.165) is 18.2 Å². The Kier molecular flexibility index (Phi) is 5.21. The molecule has 1 heterocycles. The van der Waals surface area contributed by atoms with Gasteiger partial charge in [-0.15, -0.1) is 0 Å². The number of sulfonamides is 1. The predicted molar refractivity (Wildman–Crippen MR) is 84.9 cm³/mol. The van der Waals surface area contributed by atoms with E-state index >= 15 is 0 Å². The van der Waals surface area contributed by atoms with E-state index in [0.29, 0.717) is 24.1 Å². The second kappa shape index (κ2) is 6.87. The van der Waals surface area contributed by atoms with Gasteiger partial charge < -0.3 is 4.74 Å². The van der Waals surface area contributed by atoms with Crippen LogP contribution in [0.4, 0.5) is 18.9 Å². The van der Waals surface area contributed by atoms with Crippen LogP contribution in [0.2, 0.25) is 0 Å². The molecule has 2 rings (SSSR count). The Labute approximate surface area is 143 Å². The molecule has 0 fully saturated rings. The zero-order valence-electron chi connectivity index (χ0n) is 13.7. The fourth-order valence-corrected chi connectivity index (χ4v) is 3.28. The fourth-order valence-electron chi connectivity index (χ4n) is 2.06. The summed E-state index contributed by atoms with van der Waals surface area (Å²) in [4.78, 5) is 7.53. The van der Waals surface area contributed by atoms with Gasteiger partial charge in [-0.2, -0.15) is 23.1 Å². The van der Waals surface area contributed by atoms with Crippen molar-refractivity contribution >= 4 is 15.7 Å². The highest BCUT2D eigenvalue weighted by Gasteiger charge is 2.31. The Bertz CT molecular complexity index is 860. The van der Waals surface area contributed by atoms with E-state index in [9.17, 15) is 21.6 Å². The van der Waals surface area contributed by atoms with Crippen LogP contribution in [0.15, 0.2) is 29.2 Å². The van der Waals surface area contributed by atoms with Gasteiger partial charge in [0.15, 0.2) is 0 Å². The summed E-state index contributed by atoms with van der Waals surface area (Å²) in [6.07, 6.45) is -4.64. The van der Waals surface area contributed by atoms with Gasteiger partial charge in [0.05, 0.1) is 34.1 Å². The highest BCUT2D eigenvalue weighted by molar-refractivity contribution is 7.92. The third-order valence-electron chi connectivity index (χ3n) is 3.23. The molecular formula is C15H16F3N3O3S. The first kappa shape index (κ1) is 19.0. The number of nitrogens with one attached hydrogen (secondary N) is 1. The molecule has 136 valence electrons. The summed E-state index contributed by atoms with van der Waals surface area (Å²) in [5, 5.41) is 0. The first-order chi connectivity index (χ1) is 11.5. The lowest BCUT2D eigenvalue weighted by Crippen LogP contribution is -2.17. The van der Waals surface area contributed by atoms with Crippen molar-refractivity contribution in [3.05, 3.63) is 41.2 Å². The quantitative estimate of drug-likeness (QED) is 0.867. The molecule has 0 spiro atoms. The van der Waals surface area contributed by atoms with Crippen molar-refractivity contribution in [2.24, 2.45) is 0 Å². The number of hydrogen-bond acceptors (Lipinski definition) is 5. The molecule has 0 saturated heterocycles. The summed E-state index contributed by atoms with van der Waals surface area (Å²) in [6.45, 7) is 5.18. The first-order valence-corrected chi connectivity index (χ1v) is 8.71. The summed E-state index contributed by atoms with van der Waals surface area (Å²) in [5.74, 6) is 0. The number of aromatic nitrogens is 2. The van der Waals surface area contributed by atoms with Gasteiger partial charge >= 0.3 is 12.2 Å². The molecule has 0 saturated carbocycles. The van der Waals surface area contributed by atoms with Crippen molar-refractivity contribution in [1.82, 2.24) is 9.97 Å². The molecule has 0 aliphatic rings. The van der Waals surface area contributed by atoms with Crippen LogP contribution in [0.5, 0.6) is 6.01 Å². The number of ether oxygens (including phenoxy) is 1. The number of aryl methyl sites for hydroxylation is 2. The Morgan fingerprint density at radius 2 is 1.76 bits per heavy atom. The minimum Gasteiger partial charge on any atom is -0.464 e. The highest BCUT2D eigenvalue weighted by Crippen LogP contribution is 2.31. The van der Waals surface area contributed by atoms with Gasteiger partial charge in [-0.25, -0.2) is 8.42 Å². The van der Waals surface area contributed by atoms with Crippen molar-refractivity contribution in [2.75, 3.05) is 11.3 Å². The standard InChI is InChI=1S/C15H16F3N3O3S/c1-4-24-14-19-9(2)13(10(3)20-14)21-25(22,23)12-7-5-6-11(8-12)15(16,17)18/h5-8,21H,4H2,1-3H3. The molecule has 0 radical (unpaired) electrons. The van der Waals surface area contributed by atoms with Gasteiger partial charge in [-0.1, -0.05) is 6.07 Å². The fraction of sp³-hybridized carbons (Fsp3) is 0.333. The first-order valence-electron chi connectivity index (χ1n) is 7.22. The maximum absolute atomic E-state index is 12.8. The molecule has 0 aliphatic carbocycles. The van der Waals surface area contributed by atoms with E-state index in [4.69, 9.17) is 4.74 Å². The summed E-state index contributed by atoms with van der Waals surface area (Å²) in [5.41, 5.74) is -0.356. The average molecular weight is 375 g/mol. The molecule has 1 N–H and O–H groups in total. The molecule has 1 aromatic heterocycles. The third-order valence-corrected chi connectivity index (χ3v) is 4.58. The molecule has 0 unspecified atom stereocenters. The molecule has 0 aliphatic heterocycles. The van der Waals surface area contributed by atoms with Gasteiger partial charge in [0.2, 0.25) is 0 Å². The SMILES string of the molecule is CCOc1nc(C)c(NS(=O)(=O)c2cccc(C(F)(F)F)c2)c(C)n1. The Hall–Kier alpha value is -2.36. The molecule has 10 heteroatoms. The van der Waals surface area contributed by atoms with E-state index in [-0.39, 0.29) is 11.7 Å². The smallest absolute Gasteiger partial charge is 0.416 e. The normalized spacial score (nSPS) is 12.1. The Morgan fingerprint density at radius 3 is 2.28 bits per heavy atom. The Morgan fingerprint density at radius 1 is 1.16 bits per heavy atom. The zero-order valence-corrected chi connectivity index (χ0v) is 14.5. The minimum atomic E-state index is -4.64. The van der Waals surface area contributed by atoms with Crippen LogP contribution >= 0.6 is 0 Å². The van der Waals surface area contributed by atoms with Crippen LogP contribution in [0.25, 0.3) is 0 Å². The lowest BCUT2D eigenvalue weighted by molar-refractivity contribution is -0.137. The summed E-state index contributed by atoms with van der Waals surface area (Å²) in [7, 11) is -4.24. The monoisotopic (exact) mass is 375 g/mol. The second-order valence-corrected chi connectivity index (χ2v) is 6.80. The number of alkyl halides is 3. The van der Waals surface area contributed by atoms with Crippen LogP contribution in [0.1, 0.15) is 23.9 Å². The van der Waals surface area contributed by atoms with E-state index in [1.165, 1.54) is 0 Å². The molecule has 0 atom stereocenters. The van der Waals surface area contributed by atoms with Crippen LogP contribution in [0.3, 0.4) is 0 Å². The summed E-state index contributed by atoms with van der Waals surface area (Å²) < 4.78 is 70.6. The van der Waals surface area contributed by atoms with E-state index in [2.05, 4.69) is 14.7 Å². The van der Waals surface area contributed by atoms with E-state index < -0.39 is 26.7 Å². The molecular weight excluding hydrogens is 359 g/mol. The molecule has 25 heavy (non-hydrogen) atoms. The van der Waals surface area contributed by atoms with Crippen LogP contribution in [-0.2, 0) is 16.2 Å². The lowest BCUT2D eigenvalue weighted by atomic mass is 10.2. The van der Waals surface area contributed by atoms with Crippen LogP contribution < -0.4 is 9.46 Å². The second-order valence-electron chi connectivity index (χ2n) is 5.12. The number of rotatable bonds is 5. The molecule has 0 bridgehead atoms. The highest BCUT2D eigenvalue weighted by atomic mass is 32.2. The van der Waals surface area contributed by atoms with Crippen molar-refractivity contribution in [3.63, 3.8) is 0 Å². The van der Waals surface area contributed by atoms with Gasteiger partial charge in [-0.05, 0) is 39.0 Å². The number of anilines is 1. The minimum absolute atomic E-state index is 0.0968. The van der Waals surface area contributed by atoms with Crippen molar-refractivity contribution in [2.45, 2.75) is 31.8 Å². The topological polar surface area (TPSA) is 81.2 Å². The van der Waals surface area contributed by atoms with Crippen LogP contribution in [-0.4, -0.2) is 25.0 Å². The van der Waals surface area contributed by atoms with Gasteiger partial charge in [0.25, 0.3) is 10.0 Å². The maximum Gasteiger partial charge on any atom is 0.416 e. The lowest BCUT2D eigenvalue weighted by Gasteiger charge is -2.14. The molecule has 6 nitrogen and oxygen atoms in total. The molecule has 1 aromatic carbocycles. The third kappa shape index (κ3) is 4.38. The largest absolute Gasteiger partial charge is 0.464 e. The van der Waals surface area contributed by atoms with Crippen molar-refractivity contribution in [1.29, 1.82) is 0 Å². The average Bonchev–Trinajstić information content (AvgIpc) is 2.51. The number of hydrogen-bond donors (Lipinski definition) is 1. The number of benzene rings is 1. The van der Waals surface area contributed by atoms with E-state index in [1.54, 1.807) is 20.8 Å². The Balaban J connectivity index is 2.40. The van der Waals surface area contributed by atoms with E-state index in [1.807, 2.05) is 0 Å². The van der Waals surface area contributed by atoms with Gasteiger partial charge in [0.1, 0.15) is 0 Å². The predicted octanol–water partition coefficient (Wildman–Crippen LogP) is 3.31. The summed E-state index contributed by atoms with van der Waals surface area (Å²) >= 11 is 0. The molecule has 2 aromatic rings.